The molecular weight excluding hydrogens is 496 g/mol. The number of amides is 3. The Labute approximate surface area is 216 Å². The molecule has 194 valence electrons. The number of benzene rings is 3. The summed E-state index contributed by atoms with van der Waals surface area (Å²) in [5.41, 5.74) is 2.10. The van der Waals surface area contributed by atoms with E-state index < -0.39 is 46.8 Å². The van der Waals surface area contributed by atoms with Crippen LogP contribution in [-0.4, -0.2) is 46.8 Å². The average molecular weight is 518 g/mol. The van der Waals surface area contributed by atoms with Crippen LogP contribution in [0.5, 0.6) is 11.5 Å². The molecule has 3 amide bonds. The van der Waals surface area contributed by atoms with Gasteiger partial charge in [-0.05, 0) is 42.5 Å². The number of para-hydroxylation sites is 2. The van der Waals surface area contributed by atoms with Crippen LogP contribution in [0.1, 0.15) is 16.8 Å². The molecule has 0 saturated carbocycles. The number of esters is 1. The Balaban J connectivity index is 1.24. The minimum absolute atomic E-state index is 0.200. The molecule has 3 aromatic rings. The lowest BCUT2D eigenvalue weighted by Gasteiger charge is -2.17. The number of nitrogens with one attached hydrogen (secondary N) is 2. The van der Waals surface area contributed by atoms with Crippen LogP contribution in [0.3, 0.4) is 0 Å². The van der Waals surface area contributed by atoms with E-state index in [4.69, 9.17) is 9.47 Å². The van der Waals surface area contributed by atoms with Crippen LogP contribution in [0, 0.1) is 16.0 Å². The molecule has 0 radical (unpaired) electrons. The zero-order valence-electron chi connectivity index (χ0n) is 19.9. The normalized spacial score (nSPS) is 14.5. The Bertz CT molecular complexity index is 1360. The number of nitro benzene ring substituents is 1. The Kier molecular flexibility index (Phi) is 7.92. The Morgan fingerprint density at radius 2 is 1.61 bits per heavy atom. The van der Waals surface area contributed by atoms with Gasteiger partial charge >= 0.3 is 5.97 Å². The third kappa shape index (κ3) is 6.49. The van der Waals surface area contributed by atoms with Crippen LogP contribution >= 0.6 is 0 Å². The number of hydrazine groups is 1. The van der Waals surface area contributed by atoms with Crippen molar-refractivity contribution in [3.63, 3.8) is 0 Å². The second-order valence-corrected chi connectivity index (χ2v) is 8.22. The molecule has 12 heteroatoms. The van der Waals surface area contributed by atoms with E-state index in [-0.39, 0.29) is 18.5 Å². The van der Waals surface area contributed by atoms with E-state index in [0.717, 1.165) is 5.01 Å². The van der Waals surface area contributed by atoms with Gasteiger partial charge in [0, 0.05) is 18.2 Å². The summed E-state index contributed by atoms with van der Waals surface area (Å²) >= 11 is 0. The van der Waals surface area contributed by atoms with E-state index in [0.29, 0.717) is 17.2 Å². The first-order valence-corrected chi connectivity index (χ1v) is 11.4. The van der Waals surface area contributed by atoms with Crippen molar-refractivity contribution >= 4 is 35.1 Å². The predicted molar refractivity (Wildman–Crippen MR) is 133 cm³/mol. The van der Waals surface area contributed by atoms with E-state index in [1.165, 1.54) is 24.3 Å². The number of nitro groups is 1. The van der Waals surface area contributed by atoms with Crippen molar-refractivity contribution in [1.82, 2.24) is 10.4 Å². The number of carbonyl (C=O) groups is 4. The highest BCUT2D eigenvalue weighted by Crippen LogP contribution is 2.23. The van der Waals surface area contributed by atoms with Crippen LogP contribution in [-0.2, 0) is 19.1 Å². The Hall–Kier alpha value is -5.26. The molecule has 1 aliphatic heterocycles. The highest BCUT2D eigenvalue weighted by Gasteiger charge is 2.37. The highest BCUT2D eigenvalue weighted by atomic mass is 16.6. The van der Waals surface area contributed by atoms with Gasteiger partial charge in [0.25, 0.3) is 17.5 Å². The van der Waals surface area contributed by atoms with E-state index in [1.807, 2.05) is 30.3 Å². The van der Waals surface area contributed by atoms with Crippen molar-refractivity contribution in [2.45, 2.75) is 6.42 Å². The summed E-state index contributed by atoms with van der Waals surface area (Å²) in [7, 11) is 0. The first kappa shape index (κ1) is 25.8. The Morgan fingerprint density at radius 3 is 2.32 bits per heavy atom. The minimum atomic E-state index is -0.921. The van der Waals surface area contributed by atoms with Crippen molar-refractivity contribution in [2.75, 3.05) is 18.5 Å². The van der Waals surface area contributed by atoms with Crippen LogP contribution in [0.2, 0.25) is 0 Å². The molecule has 38 heavy (non-hydrogen) atoms. The third-order valence-electron chi connectivity index (χ3n) is 5.50. The molecule has 4 rings (SSSR count). The van der Waals surface area contributed by atoms with Crippen molar-refractivity contribution in [3.05, 3.63) is 94.5 Å². The van der Waals surface area contributed by atoms with Gasteiger partial charge in [0.05, 0.1) is 17.4 Å². The fourth-order valence-corrected chi connectivity index (χ4v) is 3.66. The molecule has 1 atom stereocenters. The molecule has 3 aromatic carbocycles. The summed E-state index contributed by atoms with van der Waals surface area (Å²) in [6.45, 7) is -0.775. The van der Waals surface area contributed by atoms with Gasteiger partial charge in [-0.3, -0.25) is 39.7 Å². The van der Waals surface area contributed by atoms with Crippen LogP contribution < -0.4 is 15.5 Å². The summed E-state index contributed by atoms with van der Waals surface area (Å²) in [5, 5.41) is 14.6. The van der Waals surface area contributed by atoms with Crippen LogP contribution in [0.25, 0.3) is 0 Å². The lowest BCUT2D eigenvalue weighted by atomic mass is 10.1. The van der Waals surface area contributed by atoms with Gasteiger partial charge in [-0.2, -0.15) is 0 Å². The molecule has 1 saturated heterocycles. The van der Waals surface area contributed by atoms with Gasteiger partial charge in [0.2, 0.25) is 5.91 Å². The molecule has 0 bridgehead atoms. The SMILES string of the molecule is O=C(COC(=O)[C@@H]1CC(=O)N(NC(=O)c2ccccc2[N+](=O)[O-])C1)Nc1ccc(Oc2ccccc2)cc1. The number of anilines is 1. The fraction of sp³-hybridized carbons (Fsp3) is 0.154. The van der Waals surface area contributed by atoms with Gasteiger partial charge in [0.15, 0.2) is 6.61 Å². The summed E-state index contributed by atoms with van der Waals surface area (Å²) in [6, 6.07) is 21.1. The molecule has 0 aromatic heterocycles. The topological polar surface area (TPSA) is 157 Å². The quantitative estimate of drug-likeness (QED) is 0.249. The third-order valence-corrected chi connectivity index (χ3v) is 5.50. The van der Waals surface area contributed by atoms with Gasteiger partial charge < -0.3 is 14.8 Å². The maximum absolute atomic E-state index is 12.5. The van der Waals surface area contributed by atoms with E-state index in [9.17, 15) is 29.3 Å². The van der Waals surface area contributed by atoms with Crippen LogP contribution in [0.4, 0.5) is 11.4 Å². The van der Waals surface area contributed by atoms with Crippen molar-refractivity contribution in [2.24, 2.45) is 5.92 Å². The van der Waals surface area contributed by atoms with Gasteiger partial charge in [-0.1, -0.05) is 30.3 Å². The number of carbonyl (C=O) groups excluding carboxylic acids is 4. The molecule has 0 spiro atoms. The fourth-order valence-electron chi connectivity index (χ4n) is 3.66. The lowest BCUT2D eigenvalue weighted by Crippen LogP contribution is -2.43. The lowest BCUT2D eigenvalue weighted by molar-refractivity contribution is -0.385. The molecule has 1 heterocycles. The number of ether oxygens (including phenoxy) is 2. The smallest absolute Gasteiger partial charge is 0.311 e. The summed E-state index contributed by atoms with van der Waals surface area (Å²) < 4.78 is 10.7. The number of hydrogen-bond donors (Lipinski definition) is 2. The maximum Gasteiger partial charge on any atom is 0.311 e. The van der Waals surface area contributed by atoms with Crippen molar-refractivity contribution in [1.29, 1.82) is 0 Å². The first-order valence-electron chi connectivity index (χ1n) is 11.4. The molecule has 0 unspecified atom stereocenters. The molecule has 1 fully saturated rings. The standard InChI is InChI=1S/C26H22N4O8/c31-23(27-18-10-12-20(13-11-18)38-19-6-2-1-3-7-19)16-37-26(34)17-14-24(32)29(15-17)28-25(33)21-8-4-5-9-22(21)30(35)36/h1-13,17H,14-16H2,(H,27,31)(H,28,33)/t17-/m1/s1. The Morgan fingerprint density at radius 1 is 0.947 bits per heavy atom. The second kappa shape index (κ2) is 11.6. The van der Waals surface area contributed by atoms with E-state index >= 15 is 0 Å². The molecule has 12 nitrogen and oxygen atoms in total. The zero-order valence-corrected chi connectivity index (χ0v) is 19.9. The van der Waals surface area contributed by atoms with E-state index in [2.05, 4.69) is 10.7 Å². The number of hydrogen-bond acceptors (Lipinski definition) is 8. The van der Waals surface area contributed by atoms with Gasteiger partial charge in [0.1, 0.15) is 17.1 Å². The number of rotatable bonds is 9. The highest BCUT2D eigenvalue weighted by molar-refractivity contribution is 5.99. The monoisotopic (exact) mass is 518 g/mol. The van der Waals surface area contributed by atoms with E-state index in [1.54, 1.807) is 24.3 Å². The second-order valence-electron chi connectivity index (χ2n) is 8.22. The summed E-state index contributed by atoms with van der Waals surface area (Å²) in [6.07, 6.45) is -0.250. The zero-order chi connectivity index (χ0) is 27.1. The summed E-state index contributed by atoms with van der Waals surface area (Å²) in [5.74, 6) is -2.48. The molecule has 0 aliphatic carbocycles. The van der Waals surface area contributed by atoms with Crippen LogP contribution in [0.15, 0.2) is 78.9 Å². The van der Waals surface area contributed by atoms with Gasteiger partial charge in [-0.15, -0.1) is 0 Å². The minimum Gasteiger partial charge on any atom is -0.457 e. The molecular formula is C26H22N4O8. The largest absolute Gasteiger partial charge is 0.457 e. The average Bonchev–Trinajstić information content (AvgIpc) is 3.28. The maximum atomic E-state index is 12.5. The predicted octanol–water partition coefficient (Wildman–Crippen LogP) is 3.06. The number of nitrogens with zero attached hydrogens (tertiary/aromatic N) is 2. The molecule has 1 aliphatic rings. The van der Waals surface area contributed by atoms with Gasteiger partial charge in [-0.25, -0.2) is 0 Å². The summed E-state index contributed by atoms with van der Waals surface area (Å²) in [4.78, 5) is 59.8. The van der Waals surface area contributed by atoms with Crippen molar-refractivity contribution < 1.29 is 33.6 Å². The first-order chi connectivity index (χ1) is 18.3. The van der Waals surface area contributed by atoms with Crippen molar-refractivity contribution in [3.8, 4) is 11.5 Å². The molecule has 2 N–H and O–H groups in total.